The molecule has 2 amide bonds. The van der Waals surface area contributed by atoms with Gasteiger partial charge in [0, 0.05) is 17.5 Å². The Morgan fingerprint density at radius 1 is 0.914 bits per heavy atom. The summed E-state index contributed by atoms with van der Waals surface area (Å²) in [5.41, 5.74) is 6.80. The van der Waals surface area contributed by atoms with Gasteiger partial charge >= 0.3 is 0 Å². The van der Waals surface area contributed by atoms with E-state index < -0.39 is 0 Å². The van der Waals surface area contributed by atoms with Crippen LogP contribution in [0.1, 0.15) is 32.7 Å². The topological polar surface area (TPSA) is 83.9 Å². The quantitative estimate of drug-likeness (QED) is 0.151. The van der Waals surface area contributed by atoms with Crippen molar-refractivity contribution < 1.29 is 14.3 Å². The average molecular weight is 483 g/mol. The maximum Gasteiger partial charge on any atom is 0.261 e. The lowest BCUT2D eigenvalue weighted by Gasteiger charge is -2.14. The van der Waals surface area contributed by atoms with Crippen LogP contribution in [0, 0.1) is 0 Å². The van der Waals surface area contributed by atoms with Crippen molar-refractivity contribution >= 4 is 34.5 Å². The molecule has 3 aromatic carbocycles. The lowest BCUT2D eigenvalue weighted by molar-refractivity contribution is 0.0646. The Hall–Kier alpha value is -4.30. The molecule has 0 bridgehead atoms. The molecular formula is C27H22N4O3S. The number of amides is 2. The van der Waals surface area contributed by atoms with E-state index in [0.717, 1.165) is 22.0 Å². The molecule has 35 heavy (non-hydrogen) atoms. The van der Waals surface area contributed by atoms with E-state index in [1.54, 1.807) is 30.5 Å². The zero-order valence-electron chi connectivity index (χ0n) is 18.8. The van der Waals surface area contributed by atoms with Gasteiger partial charge in [0.05, 0.1) is 29.6 Å². The molecule has 0 radical (unpaired) electrons. The second kappa shape index (κ2) is 10.3. The van der Waals surface area contributed by atoms with Gasteiger partial charge in [0.25, 0.3) is 11.8 Å². The summed E-state index contributed by atoms with van der Waals surface area (Å²) in [6.45, 7) is 0.724. The second-order valence-electron chi connectivity index (χ2n) is 7.85. The third-order valence-corrected chi connectivity index (χ3v) is 6.25. The van der Waals surface area contributed by atoms with Gasteiger partial charge in [-0.2, -0.15) is 5.10 Å². The van der Waals surface area contributed by atoms with Crippen LogP contribution in [0.25, 0.3) is 11.3 Å². The molecular weight excluding hydrogens is 460 g/mol. The Labute approximate surface area is 206 Å². The van der Waals surface area contributed by atoms with Crippen LogP contribution in [0.4, 0.5) is 5.13 Å². The minimum atomic E-state index is -0.239. The molecule has 1 N–H and O–H groups in total. The first-order chi connectivity index (χ1) is 17.2. The maximum absolute atomic E-state index is 12.4. The molecule has 0 atom stereocenters. The number of imide groups is 1. The van der Waals surface area contributed by atoms with Crippen LogP contribution < -0.4 is 10.2 Å². The SMILES string of the molecule is O=C1c2ccccc2C(=O)N1CCCOc1ccc(C=NNc2nc(-c3ccccc3)cs2)cc1. The number of ether oxygens (including phenoxy) is 1. The first kappa shape index (κ1) is 22.5. The molecule has 2 heterocycles. The van der Waals surface area contributed by atoms with E-state index >= 15 is 0 Å². The molecule has 7 nitrogen and oxygen atoms in total. The lowest BCUT2D eigenvalue weighted by atomic mass is 10.1. The molecule has 0 unspecified atom stereocenters. The van der Waals surface area contributed by atoms with E-state index in [1.165, 1.54) is 16.2 Å². The van der Waals surface area contributed by atoms with Crippen molar-refractivity contribution in [2.75, 3.05) is 18.6 Å². The zero-order chi connectivity index (χ0) is 24.0. The molecule has 5 rings (SSSR count). The number of thiazole rings is 1. The van der Waals surface area contributed by atoms with Crippen molar-refractivity contribution in [3.8, 4) is 17.0 Å². The molecule has 1 aromatic heterocycles. The van der Waals surface area contributed by atoms with Crippen molar-refractivity contribution in [1.29, 1.82) is 0 Å². The van der Waals surface area contributed by atoms with Crippen molar-refractivity contribution in [2.45, 2.75) is 6.42 Å². The van der Waals surface area contributed by atoms with Crippen LogP contribution in [0.3, 0.4) is 0 Å². The number of hydrogen-bond donors (Lipinski definition) is 1. The molecule has 0 spiro atoms. The van der Waals surface area contributed by atoms with Gasteiger partial charge in [-0.05, 0) is 48.4 Å². The highest BCUT2D eigenvalue weighted by Crippen LogP contribution is 2.25. The van der Waals surface area contributed by atoms with Crippen molar-refractivity contribution in [3.63, 3.8) is 0 Å². The van der Waals surface area contributed by atoms with E-state index in [0.29, 0.717) is 36.4 Å². The molecule has 8 heteroatoms. The number of hydrazone groups is 1. The summed E-state index contributed by atoms with van der Waals surface area (Å²) >= 11 is 1.50. The van der Waals surface area contributed by atoms with Crippen LogP contribution in [0.15, 0.2) is 89.3 Å². The summed E-state index contributed by atoms with van der Waals surface area (Å²) in [4.78, 5) is 30.6. The van der Waals surface area contributed by atoms with E-state index in [4.69, 9.17) is 4.74 Å². The van der Waals surface area contributed by atoms with Gasteiger partial charge in [0.15, 0.2) is 0 Å². The molecule has 0 fully saturated rings. The Morgan fingerprint density at radius 2 is 1.60 bits per heavy atom. The largest absolute Gasteiger partial charge is 0.494 e. The number of nitrogens with zero attached hydrogens (tertiary/aromatic N) is 3. The van der Waals surface area contributed by atoms with Gasteiger partial charge in [0.2, 0.25) is 5.13 Å². The Kier molecular flexibility index (Phi) is 6.63. The Balaban J connectivity index is 1.07. The second-order valence-corrected chi connectivity index (χ2v) is 8.71. The fourth-order valence-corrected chi connectivity index (χ4v) is 4.40. The molecule has 1 aliphatic rings. The molecule has 0 saturated heterocycles. The van der Waals surface area contributed by atoms with Crippen molar-refractivity contribution in [3.05, 3.63) is 101 Å². The summed E-state index contributed by atoms with van der Waals surface area (Å²) < 4.78 is 5.77. The standard InChI is InChI=1S/C27H22N4O3S/c32-25-22-9-4-5-10-23(22)26(33)31(25)15-6-16-34-21-13-11-19(12-14-21)17-28-30-27-29-24(18-35-27)20-7-2-1-3-8-20/h1-5,7-14,17-18H,6,15-16H2,(H,29,30). The number of carbonyl (C=O) groups excluding carboxylic acids is 2. The fourth-order valence-electron chi connectivity index (χ4n) is 3.73. The number of hydrogen-bond acceptors (Lipinski definition) is 7. The van der Waals surface area contributed by atoms with Gasteiger partial charge in [-0.25, -0.2) is 4.98 Å². The van der Waals surface area contributed by atoms with Crippen molar-refractivity contribution in [1.82, 2.24) is 9.88 Å². The smallest absolute Gasteiger partial charge is 0.261 e. The summed E-state index contributed by atoms with van der Waals surface area (Å²) in [5.74, 6) is 0.235. The fraction of sp³-hybridized carbons (Fsp3) is 0.111. The first-order valence-corrected chi connectivity index (χ1v) is 12.0. The van der Waals surface area contributed by atoms with Crippen LogP contribution >= 0.6 is 11.3 Å². The van der Waals surface area contributed by atoms with Gasteiger partial charge in [-0.1, -0.05) is 42.5 Å². The number of rotatable bonds is 9. The van der Waals surface area contributed by atoms with Crippen LogP contribution in [-0.2, 0) is 0 Å². The highest BCUT2D eigenvalue weighted by molar-refractivity contribution is 7.14. The van der Waals surface area contributed by atoms with Gasteiger partial charge in [-0.15, -0.1) is 11.3 Å². The number of nitrogens with one attached hydrogen (secondary N) is 1. The van der Waals surface area contributed by atoms with E-state index in [2.05, 4.69) is 15.5 Å². The predicted octanol–water partition coefficient (Wildman–Crippen LogP) is 5.32. The molecule has 0 saturated carbocycles. The van der Waals surface area contributed by atoms with Gasteiger partial charge in [0.1, 0.15) is 5.75 Å². The molecule has 0 aliphatic carbocycles. The highest BCUT2D eigenvalue weighted by Gasteiger charge is 2.34. The number of benzene rings is 3. The predicted molar refractivity (Wildman–Crippen MR) is 137 cm³/mol. The Morgan fingerprint density at radius 3 is 2.31 bits per heavy atom. The number of carbonyl (C=O) groups is 2. The van der Waals surface area contributed by atoms with E-state index in [9.17, 15) is 9.59 Å². The van der Waals surface area contributed by atoms with Crippen LogP contribution in [0.2, 0.25) is 0 Å². The third kappa shape index (κ3) is 5.12. The number of aromatic nitrogens is 1. The van der Waals surface area contributed by atoms with Gasteiger partial charge in [-0.3, -0.25) is 19.9 Å². The van der Waals surface area contributed by atoms with Crippen LogP contribution in [0.5, 0.6) is 5.75 Å². The number of fused-ring (bicyclic) bond motifs is 1. The lowest BCUT2D eigenvalue weighted by Crippen LogP contribution is -2.31. The summed E-state index contributed by atoms with van der Waals surface area (Å²) in [7, 11) is 0. The summed E-state index contributed by atoms with van der Waals surface area (Å²) in [6, 6.07) is 24.4. The Bertz CT molecular complexity index is 1330. The minimum absolute atomic E-state index is 0.239. The molecule has 1 aliphatic heterocycles. The van der Waals surface area contributed by atoms with Crippen molar-refractivity contribution in [2.24, 2.45) is 5.10 Å². The highest BCUT2D eigenvalue weighted by atomic mass is 32.1. The molecule has 174 valence electrons. The van der Waals surface area contributed by atoms with E-state index in [-0.39, 0.29) is 11.8 Å². The first-order valence-electron chi connectivity index (χ1n) is 11.2. The summed E-state index contributed by atoms with van der Waals surface area (Å²) in [6.07, 6.45) is 2.27. The number of anilines is 1. The monoisotopic (exact) mass is 482 g/mol. The maximum atomic E-state index is 12.4. The minimum Gasteiger partial charge on any atom is -0.494 e. The van der Waals surface area contributed by atoms with E-state index in [1.807, 2.05) is 60.0 Å². The molecule has 4 aromatic rings. The average Bonchev–Trinajstić information content (AvgIpc) is 3.47. The third-order valence-electron chi connectivity index (χ3n) is 5.50. The van der Waals surface area contributed by atoms with Gasteiger partial charge < -0.3 is 4.74 Å². The normalized spacial score (nSPS) is 12.9. The zero-order valence-corrected chi connectivity index (χ0v) is 19.6. The summed E-state index contributed by atoms with van der Waals surface area (Å²) in [5, 5.41) is 6.98. The van der Waals surface area contributed by atoms with Crippen LogP contribution in [-0.4, -0.2) is 41.1 Å².